The van der Waals surface area contributed by atoms with Gasteiger partial charge in [-0.25, -0.2) is 23.2 Å². The lowest BCUT2D eigenvalue weighted by Crippen LogP contribution is -2.68. The summed E-state index contributed by atoms with van der Waals surface area (Å²) in [5, 5.41) is 1.45. The van der Waals surface area contributed by atoms with Gasteiger partial charge in [-0.15, -0.1) is 15.3 Å². The number of imide groups is 1. The van der Waals surface area contributed by atoms with Crippen molar-refractivity contribution < 1.29 is 47.6 Å². The maximum Gasteiger partial charge on any atom is 0.287 e. The van der Waals surface area contributed by atoms with Gasteiger partial charge in [0.15, 0.2) is 17.9 Å². The van der Waals surface area contributed by atoms with E-state index in [4.69, 9.17) is 18.6 Å². The Bertz CT molecular complexity index is 910. The summed E-state index contributed by atoms with van der Waals surface area (Å²) in [6.07, 6.45) is 2.05. The van der Waals surface area contributed by atoms with Gasteiger partial charge in [0.1, 0.15) is 5.92 Å². The molecule has 1 aromatic heterocycles. The van der Waals surface area contributed by atoms with Gasteiger partial charge in [0, 0.05) is 17.7 Å². The van der Waals surface area contributed by atoms with Gasteiger partial charge >= 0.3 is 0 Å². The molecule has 4 unspecified atom stereocenters. The van der Waals surface area contributed by atoms with Crippen LogP contribution in [0.4, 0.5) is 0 Å². The van der Waals surface area contributed by atoms with Crippen molar-refractivity contribution in [2.45, 2.75) is 12.0 Å². The average molecular weight is 435 g/mol. The first-order valence-electron chi connectivity index (χ1n) is 9.31. The number of aromatic nitrogens is 1. The van der Waals surface area contributed by atoms with Gasteiger partial charge in [0.25, 0.3) is 11.8 Å². The van der Waals surface area contributed by atoms with Gasteiger partial charge in [0.2, 0.25) is 0 Å². The summed E-state index contributed by atoms with van der Waals surface area (Å²) >= 11 is 0. The summed E-state index contributed by atoms with van der Waals surface area (Å²) in [7, 11) is 0.688. The van der Waals surface area contributed by atoms with E-state index in [1.807, 2.05) is 51.6 Å². The van der Waals surface area contributed by atoms with Crippen molar-refractivity contribution in [3.8, 4) is 0 Å². The number of quaternary nitrogens is 1. The minimum absolute atomic E-state index is 0.0397. The number of carbonyl (C=O) groups excluding carboxylic acids is 2. The first-order chi connectivity index (χ1) is 13.9. The zero-order valence-electron chi connectivity index (χ0n) is 16.6. The summed E-state index contributed by atoms with van der Waals surface area (Å²) in [6, 6.07) is 14.3. The predicted molar refractivity (Wildman–Crippen MR) is 89.9 cm³/mol. The van der Waals surface area contributed by atoms with Crippen LogP contribution >= 0.6 is 0 Å². The van der Waals surface area contributed by atoms with Crippen LogP contribution in [0.5, 0.6) is 0 Å². The minimum atomic E-state index is -4.94. The Morgan fingerprint density at radius 1 is 0.867 bits per heavy atom. The molecule has 30 heavy (non-hydrogen) atoms. The lowest BCUT2D eigenvalue weighted by atomic mass is 9.63. The second-order valence-corrected chi connectivity index (χ2v) is 9.20. The zero-order valence-corrected chi connectivity index (χ0v) is 17.4. The number of carbonyl (C=O) groups is 2. The molecule has 0 spiro atoms. The van der Waals surface area contributed by atoms with Crippen molar-refractivity contribution in [2.75, 3.05) is 21.1 Å². The number of amides is 2. The zero-order chi connectivity index (χ0) is 22.0. The number of pyridine rings is 1. The van der Waals surface area contributed by atoms with Crippen LogP contribution in [-0.4, -0.2) is 42.6 Å². The number of hydrogen-bond acceptors (Lipinski definition) is 6. The smallest absolute Gasteiger partial charge is 0.269 e. The third-order valence-electron chi connectivity index (χ3n) is 5.86. The van der Waals surface area contributed by atoms with Gasteiger partial charge in [-0.3, -0.25) is 9.59 Å². The van der Waals surface area contributed by atoms with E-state index in [-0.39, 0.29) is 40.2 Å². The normalized spacial score (nSPS) is 26.6. The molecule has 158 valence electrons. The monoisotopic (exact) mass is 434 g/mol. The molecule has 1 aromatic carbocycles. The Balaban J connectivity index is 0.000000393. The predicted octanol–water partition coefficient (Wildman–Crippen LogP) is -3.51. The van der Waals surface area contributed by atoms with Gasteiger partial charge in [-0.2, -0.15) is 4.57 Å². The maximum absolute atomic E-state index is 13.3. The fraction of sp³-hybridized carbons (Fsp3) is 0.350. The fourth-order valence-electron chi connectivity index (χ4n) is 5.07. The van der Waals surface area contributed by atoms with Crippen LogP contribution in [0.1, 0.15) is 28.8 Å². The van der Waals surface area contributed by atoms with Crippen molar-refractivity contribution in [1.82, 2.24) is 5.01 Å². The standard InChI is InChI=1S/C20H21N3O2.ClHO4/c1-23(2,3)22-19(24)16-15-12-8-4-5-9-13(12)18(17(16)20(22)25)21-11-7-6-10-14(15)21;2-1(3,4)5/h4-11,15-18H,1-3H3;(H,2,3,4,5)/q+2;/p-1. The Labute approximate surface area is 175 Å². The van der Waals surface area contributed by atoms with E-state index in [2.05, 4.69) is 22.8 Å². The summed E-state index contributed by atoms with van der Waals surface area (Å²) in [4.78, 5) is 26.6. The van der Waals surface area contributed by atoms with Crippen molar-refractivity contribution in [2.24, 2.45) is 11.8 Å². The van der Waals surface area contributed by atoms with Crippen LogP contribution in [0.3, 0.4) is 0 Å². The van der Waals surface area contributed by atoms with Crippen LogP contribution in [0.2, 0.25) is 0 Å². The molecule has 0 N–H and O–H groups in total. The van der Waals surface area contributed by atoms with Crippen LogP contribution in [0, 0.1) is 22.1 Å². The molecule has 4 atom stereocenters. The van der Waals surface area contributed by atoms with Gasteiger partial charge in [-0.05, 0) is 5.56 Å². The Morgan fingerprint density at radius 2 is 1.40 bits per heavy atom. The van der Waals surface area contributed by atoms with Crippen molar-refractivity contribution in [3.05, 3.63) is 65.5 Å². The molecule has 0 saturated carbocycles. The molecule has 2 aromatic rings. The molecule has 1 saturated heterocycles. The quantitative estimate of drug-likeness (QED) is 0.259. The molecule has 9 nitrogen and oxygen atoms in total. The van der Waals surface area contributed by atoms with Crippen molar-refractivity contribution >= 4 is 11.8 Å². The van der Waals surface area contributed by atoms with E-state index in [0.29, 0.717) is 0 Å². The van der Waals surface area contributed by atoms with Crippen LogP contribution in [-0.2, 0) is 9.59 Å². The molecule has 6 rings (SSSR count). The summed E-state index contributed by atoms with van der Waals surface area (Å²) < 4.78 is 36.4. The van der Waals surface area contributed by atoms with E-state index in [1.54, 1.807) is 0 Å². The first kappa shape index (κ1) is 20.9. The number of hydrogen-bond donors (Lipinski definition) is 0. The highest BCUT2D eigenvalue weighted by Crippen LogP contribution is 2.55. The first-order valence-corrected chi connectivity index (χ1v) is 10.5. The van der Waals surface area contributed by atoms with Crippen LogP contribution in [0.25, 0.3) is 0 Å². The number of benzene rings is 1. The Kier molecular flexibility index (Phi) is 4.73. The van der Waals surface area contributed by atoms with Crippen LogP contribution < -0.4 is 23.2 Å². The van der Waals surface area contributed by atoms with Crippen molar-refractivity contribution in [1.29, 1.82) is 0 Å². The third-order valence-corrected chi connectivity index (χ3v) is 5.86. The third kappa shape index (κ3) is 3.20. The van der Waals surface area contributed by atoms with Crippen molar-refractivity contribution in [3.63, 3.8) is 0 Å². The number of halogens is 1. The maximum atomic E-state index is 13.3. The Hall–Kier alpha value is -2.40. The largest absolute Gasteiger partial charge is 0.287 e. The van der Waals surface area contributed by atoms with Gasteiger partial charge in [-0.1, -0.05) is 30.3 Å². The van der Waals surface area contributed by atoms with E-state index < -0.39 is 10.2 Å². The number of nitrogens with zero attached hydrogens (tertiary/aromatic N) is 3. The highest BCUT2D eigenvalue weighted by Gasteiger charge is 2.68. The highest BCUT2D eigenvalue weighted by molar-refractivity contribution is 6.05. The summed E-state index contributed by atoms with van der Waals surface area (Å²) in [5.41, 5.74) is 3.52. The lowest BCUT2D eigenvalue weighted by molar-refractivity contribution is -2.00. The topological polar surface area (TPSA) is 134 Å². The molecule has 3 aliphatic heterocycles. The van der Waals surface area contributed by atoms with E-state index >= 15 is 0 Å². The van der Waals surface area contributed by atoms with E-state index in [0.717, 1.165) is 5.69 Å². The lowest BCUT2D eigenvalue weighted by Gasteiger charge is -2.40. The van der Waals surface area contributed by atoms with E-state index in [9.17, 15) is 9.59 Å². The molecule has 10 heteroatoms. The van der Waals surface area contributed by atoms with Gasteiger partial charge in [0.05, 0.1) is 33.0 Å². The molecule has 2 amide bonds. The minimum Gasteiger partial charge on any atom is -0.269 e. The molecule has 1 fully saturated rings. The summed E-state index contributed by atoms with van der Waals surface area (Å²) in [5.74, 6) is -0.756. The molecule has 0 radical (unpaired) electrons. The second kappa shape index (κ2) is 6.81. The summed E-state index contributed by atoms with van der Waals surface area (Å²) in [6.45, 7) is 0. The van der Waals surface area contributed by atoms with Crippen LogP contribution in [0.15, 0.2) is 48.7 Å². The average Bonchev–Trinajstić information content (AvgIpc) is 2.92. The van der Waals surface area contributed by atoms with Gasteiger partial charge < -0.3 is 0 Å². The van der Waals surface area contributed by atoms with E-state index in [1.165, 1.54) is 16.1 Å². The Morgan fingerprint density at radius 3 is 2.00 bits per heavy atom. The molecule has 4 aliphatic rings. The molecular formula is C20H21ClN3O6+. The second-order valence-electron chi connectivity index (χ2n) is 8.44. The SMILES string of the molecule is C[N+](C)(C)N1C(=O)C2C3c4ccccc4C(C2C1=O)[n+]1ccccc13.[O-][Cl+3]([O-])([O-])[O-]. The fourth-order valence-corrected chi connectivity index (χ4v) is 5.07. The molecule has 1 aliphatic carbocycles. The molecule has 2 bridgehead atoms. The molecule has 4 heterocycles. The molecular weight excluding hydrogens is 414 g/mol. The number of rotatable bonds is 1. The highest BCUT2D eigenvalue weighted by atomic mass is 35.7.